The van der Waals surface area contributed by atoms with Gasteiger partial charge in [0.15, 0.2) is 4.67 Å². The van der Waals surface area contributed by atoms with Crippen molar-refractivity contribution in [2.45, 2.75) is 0 Å². The maximum absolute atomic E-state index is 5.45. The van der Waals surface area contributed by atoms with E-state index in [0.29, 0.717) is 10.4 Å². The first-order valence-corrected chi connectivity index (χ1v) is 7.32. The second kappa shape index (κ2) is 6.41. The Hall–Kier alpha value is -2.33. The van der Waals surface area contributed by atoms with E-state index in [1.54, 1.807) is 6.21 Å². The molecule has 0 aliphatic carbocycles. The fourth-order valence-corrected chi connectivity index (χ4v) is 2.25. The third kappa shape index (κ3) is 3.41. The Kier molecular flexibility index (Phi) is 4.17. The molecule has 3 rings (SSSR count). The normalized spacial score (nSPS) is 10.9. The minimum Gasteiger partial charge on any atom is -0.448 e. The summed E-state index contributed by atoms with van der Waals surface area (Å²) >= 11 is 3.29. The number of hydrogen-bond acceptors (Lipinski definition) is 3. The van der Waals surface area contributed by atoms with Crippen LogP contribution in [0, 0.1) is 0 Å². The van der Waals surface area contributed by atoms with Crippen molar-refractivity contribution in [2.75, 3.05) is 5.01 Å². The van der Waals surface area contributed by atoms with Crippen LogP contribution in [0.1, 0.15) is 5.76 Å². The first-order valence-electron chi connectivity index (χ1n) is 6.52. The standard InChI is InChI=1S/C17H13BrN2O/c18-17-12-11-16(21-17)13-19-20(14-7-3-1-4-8-14)15-9-5-2-6-10-15/h1-13H/b19-13-. The summed E-state index contributed by atoms with van der Waals surface area (Å²) in [6.07, 6.45) is 1.70. The summed E-state index contributed by atoms with van der Waals surface area (Å²) in [5.41, 5.74) is 1.98. The smallest absolute Gasteiger partial charge is 0.169 e. The van der Waals surface area contributed by atoms with Crippen LogP contribution in [0.2, 0.25) is 0 Å². The molecular formula is C17H13BrN2O. The first kappa shape index (κ1) is 13.6. The van der Waals surface area contributed by atoms with Gasteiger partial charge in [0.25, 0.3) is 0 Å². The van der Waals surface area contributed by atoms with Crippen LogP contribution in [0.4, 0.5) is 11.4 Å². The van der Waals surface area contributed by atoms with E-state index in [4.69, 9.17) is 4.42 Å². The van der Waals surface area contributed by atoms with Gasteiger partial charge in [0.05, 0.1) is 17.6 Å². The number of hydrogen-bond donors (Lipinski definition) is 0. The largest absolute Gasteiger partial charge is 0.448 e. The molecule has 2 aromatic carbocycles. The molecule has 0 atom stereocenters. The van der Waals surface area contributed by atoms with E-state index in [-0.39, 0.29) is 0 Å². The third-order valence-corrected chi connectivity index (χ3v) is 3.32. The van der Waals surface area contributed by atoms with E-state index >= 15 is 0 Å². The number of furan rings is 1. The van der Waals surface area contributed by atoms with Crippen molar-refractivity contribution in [1.82, 2.24) is 0 Å². The van der Waals surface area contributed by atoms with Crippen LogP contribution in [0.5, 0.6) is 0 Å². The van der Waals surface area contributed by atoms with Gasteiger partial charge < -0.3 is 4.42 Å². The molecule has 0 amide bonds. The molecule has 4 heteroatoms. The van der Waals surface area contributed by atoms with Crippen molar-refractivity contribution < 1.29 is 4.42 Å². The van der Waals surface area contributed by atoms with E-state index in [1.807, 2.05) is 77.8 Å². The van der Waals surface area contributed by atoms with Gasteiger partial charge in [-0.2, -0.15) is 5.10 Å². The molecule has 0 spiro atoms. The van der Waals surface area contributed by atoms with Gasteiger partial charge in [-0.15, -0.1) is 0 Å². The van der Waals surface area contributed by atoms with Crippen molar-refractivity contribution in [3.8, 4) is 0 Å². The van der Waals surface area contributed by atoms with Gasteiger partial charge in [0.2, 0.25) is 0 Å². The van der Waals surface area contributed by atoms with Crippen LogP contribution in [-0.2, 0) is 0 Å². The number of rotatable bonds is 4. The molecule has 0 N–H and O–H groups in total. The average molecular weight is 341 g/mol. The van der Waals surface area contributed by atoms with Crippen LogP contribution >= 0.6 is 15.9 Å². The second-order valence-electron chi connectivity index (χ2n) is 4.37. The van der Waals surface area contributed by atoms with Gasteiger partial charge in [0.1, 0.15) is 5.76 Å². The minimum atomic E-state index is 0.690. The summed E-state index contributed by atoms with van der Waals surface area (Å²) in [5.74, 6) is 0.693. The monoisotopic (exact) mass is 340 g/mol. The number of benzene rings is 2. The van der Waals surface area contributed by atoms with E-state index in [1.165, 1.54) is 0 Å². The predicted molar refractivity (Wildman–Crippen MR) is 89.0 cm³/mol. The summed E-state index contributed by atoms with van der Waals surface area (Å²) in [6, 6.07) is 23.7. The molecule has 3 nitrogen and oxygen atoms in total. The Labute approximate surface area is 131 Å². The molecule has 0 radical (unpaired) electrons. The van der Waals surface area contributed by atoms with Crippen LogP contribution in [0.25, 0.3) is 0 Å². The Morgan fingerprint density at radius 1 is 0.810 bits per heavy atom. The Balaban J connectivity index is 1.95. The molecule has 1 aromatic heterocycles. The molecule has 0 bridgehead atoms. The quantitative estimate of drug-likeness (QED) is 0.481. The van der Waals surface area contributed by atoms with Gasteiger partial charge in [-0.3, -0.25) is 0 Å². The molecular weight excluding hydrogens is 328 g/mol. The van der Waals surface area contributed by atoms with Crippen LogP contribution in [0.3, 0.4) is 0 Å². The van der Waals surface area contributed by atoms with Crippen LogP contribution in [0.15, 0.2) is 87.0 Å². The van der Waals surface area contributed by atoms with E-state index in [9.17, 15) is 0 Å². The number of halogens is 1. The third-order valence-electron chi connectivity index (χ3n) is 2.90. The van der Waals surface area contributed by atoms with Crippen LogP contribution < -0.4 is 5.01 Å². The SMILES string of the molecule is Brc1ccc(/C=N\N(c2ccccc2)c2ccccc2)o1. The Morgan fingerprint density at radius 3 is 1.86 bits per heavy atom. The second-order valence-corrected chi connectivity index (χ2v) is 5.15. The molecule has 3 aromatic rings. The molecule has 104 valence electrons. The van der Waals surface area contributed by atoms with Crippen molar-refractivity contribution in [2.24, 2.45) is 5.10 Å². The summed E-state index contributed by atoms with van der Waals surface area (Å²) < 4.78 is 6.14. The number of hydrazone groups is 1. The summed E-state index contributed by atoms with van der Waals surface area (Å²) in [4.78, 5) is 0. The zero-order chi connectivity index (χ0) is 14.5. The maximum atomic E-state index is 5.45. The number of para-hydroxylation sites is 2. The first-order chi connectivity index (χ1) is 10.3. The highest BCUT2D eigenvalue weighted by atomic mass is 79.9. The predicted octanol–water partition coefficient (Wildman–Crippen LogP) is 5.21. The van der Waals surface area contributed by atoms with Gasteiger partial charge in [-0.1, -0.05) is 36.4 Å². The Morgan fingerprint density at radius 2 is 1.38 bits per heavy atom. The lowest BCUT2D eigenvalue weighted by molar-refractivity contribution is 0.534. The number of nitrogens with zero attached hydrogens (tertiary/aromatic N) is 2. The highest BCUT2D eigenvalue weighted by Crippen LogP contribution is 2.25. The lowest BCUT2D eigenvalue weighted by Gasteiger charge is -2.18. The summed E-state index contributed by atoms with van der Waals surface area (Å²) in [5, 5.41) is 6.41. The molecule has 0 aliphatic rings. The summed E-state index contributed by atoms with van der Waals surface area (Å²) in [6.45, 7) is 0. The zero-order valence-electron chi connectivity index (χ0n) is 11.2. The van der Waals surface area contributed by atoms with Gasteiger partial charge in [0, 0.05) is 0 Å². The molecule has 1 heterocycles. The molecule has 21 heavy (non-hydrogen) atoms. The van der Waals surface area contributed by atoms with E-state index < -0.39 is 0 Å². The van der Waals surface area contributed by atoms with Crippen LogP contribution in [-0.4, -0.2) is 6.21 Å². The molecule has 0 aliphatic heterocycles. The lowest BCUT2D eigenvalue weighted by atomic mass is 10.2. The topological polar surface area (TPSA) is 28.7 Å². The fourth-order valence-electron chi connectivity index (χ4n) is 1.93. The fraction of sp³-hybridized carbons (Fsp3) is 0. The highest BCUT2D eigenvalue weighted by Gasteiger charge is 2.06. The summed E-state index contributed by atoms with van der Waals surface area (Å²) in [7, 11) is 0. The highest BCUT2D eigenvalue weighted by molar-refractivity contribution is 9.10. The molecule has 0 unspecified atom stereocenters. The van der Waals surface area contributed by atoms with E-state index in [0.717, 1.165) is 11.4 Å². The molecule has 0 saturated heterocycles. The van der Waals surface area contributed by atoms with Gasteiger partial charge in [-0.25, -0.2) is 5.01 Å². The van der Waals surface area contributed by atoms with Crippen molar-refractivity contribution in [1.29, 1.82) is 0 Å². The minimum absolute atomic E-state index is 0.690. The average Bonchev–Trinajstić information content (AvgIpc) is 2.95. The zero-order valence-corrected chi connectivity index (χ0v) is 12.8. The maximum Gasteiger partial charge on any atom is 0.169 e. The van der Waals surface area contributed by atoms with E-state index in [2.05, 4.69) is 21.0 Å². The van der Waals surface area contributed by atoms with Crippen molar-refractivity contribution in [3.63, 3.8) is 0 Å². The molecule has 0 fully saturated rings. The van der Waals surface area contributed by atoms with Gasteiger partial charge in [-0.05, 0) is 52.3 Å². The Bertz CT molecular complexity index is 683. The van der Waals surface area contributed by atoms with Crippen molar-refractivity contribution in [3.05, 3.63) is 83.2 Å². The van der Waals surface area contributed by atoms with Crippen molar-refractivity contribution >= 4 is 33.5 Å². The lowest BCUT2D eigenvalue weighted by Crippen LogP contribution is -2.08. The van der Waals surface area contributed by atoms with Gasteiger partial charge >= 0.3 is 0 Å². The number of anilines is 2. The molecule has 0 saturated carbocycles.